The summed E-state index contributed by atoms with van der Waals surface area (Å²) in [5.41, 5.74) is -0.337. The number of rotatable bonds is 7. The lowest BCUT2D eigenvalue weighted by Crippen LogP contribution is -2.38. The molecule has 1 aliphatic carbocycles. The minimum absolute atomic E-state index is 0.0140. The Morgan fingerprint density at radius 3 is 2.71 bits per heavy atom. The molecular weight excluding hydrogens is 372 g/mol. The quantitative estimate of drug-likeness (QED) is 0.755. The molecule has 1 aromatic carbocycles. The molecule has 1 aromatic heterocycles. The van der Waals surface area contributed by atoms with Crippen molar-refractivity contribution in [2.75, 3.05) is 0 Å². The third kappa shape index (κ3) is 4.85. The summed E-state index contributed by atoms with van der Waals surface area (Å²) in [6, 6.07) is 4.93. The van der Waals surface area contributed by atoms with Crippen molar-refractivity contribution in [3.8, 4) is 5.88 Å². The minimum Gasteiger partial charge on any atom is -0.476 e. The number of aromatic carboxylic acids is 1. The van der Waals surface area contributed by atoms with Crippen molar-refractivity contribution in [2.45, 2.75) is 51.3 Å². The first kappa shape index (κ1) is 19.8. The maximum Gasteiger partial charge on any atom is 0.356 e. The van der Waals surface area contributed by atoms with Crippen LogP contribution in [0.15, 0.2) is 24.3 Å². The molecule has 0 atom stereocenters. The Balaban J connectivity index is 1.70. The van der Waals surface area contributed by atoms with Gasteiger partial charge in [0.1, 0.15) is 13.2 Å². The van der Waals surface area contributed by atoms with E-state index in [-0.39, 0.29) is 42.2 Å². The Morgan fingerprint density at radius 2 is 2.00 bits per heavy atom. The van der Waals surface area contributed by atoms with Gasteiger partial charge in [-0.05, 0) is 18.9 Å². The van der Waals surface area contributed by atoms with Crippen LogP contribution in [0.25, 0.3) is 0 Å². The number of hydrogen-bond acceptors (Lipinski definition) is 4. The van der Waals surface area contributed by atoms with Crippen LogP contribution in [-0.2, 0) is 17.9 Å². The summed E-state index contributed by atoms with van der Waals surface area (Å²) in [6.45, 7) is -0.566. The number of carboxylic acids is 1. The molecule has 0 radical (unpaired) electrons. The van der Waals surface area contributed by atoms with Crippen LogP contribution < -0.4 is 10.1 Å². The number of nitrogens with zero attached hydrogens (tertiary/aromatic N) is 2. The van der Waals surface area contributed by atoms with Gasteiger partial charge in [-0.3, -0.25) is 4.79 Å². The predicted molar refractivity (Wildman–Crippen MR) is 94.9 cm³/mol. The number of carbonyl (C=O) groups excluding carboxylic acids is 1. The van der Waals surface area contributed by atoms with Crippen molar-refractivity contribution >= 4 is 11.9 Å². The lowest BCUT2D eigenvalue weighted by molar-refractivity contribution is -0.122. The molecule has 1 amide bonds. The Bertz CT molecular complexity index is 863. The first-order valence-electron chi connectivity index (χ1n) is 9.10. The smallest absolute Gasteiger partial charge is 0.356 e. The van der Waals surface area contributed by atoms with E-state index in [2.05, 4.69) is 10.4 Å². The summed E-state index contributed by atoms with van der Waals surface area (Å²) in [7, 11) is 0. The Kier molecular flexibility index (Phi) is 6.23. The van der Waals surface area contributed by atoms with E-state index < -0.39 is 17.6 Å². The molecule has 2 aromatic rings. The Hall–Kier alpha value is -2.97. The predicted octanol–water partition coefficient (Wildman–Crippen LogP) is 2.89. The highest BCUT2D eigenvalue weighted by Gasteiger charge is 2.20. The van der Waals surface area contributed by atoms with Gasteiger partial charge in [-0.15, -0.1) is 0 Å². The van der Waals surface area contributed by atoms with Gasteiger partial charge in [-0.1, -0.05) is 31.4 Å². The fraction of sp³-hybridized carbons (Fsp3) is 0.421. The second-order valence-corrected chi connectivity index (χ2v) is 6.73. The van der Waals surface area contributed by atoms with Crippen molar-refractivity contribution in [1.29, 1.82) is 0 Å². The summed E-state index contributed by atoms with van der Waals surface area (Å²) >= 11 is 0. The van der Waals surface area contributed by atoms with Crippen LogP contribution in [0.1, 0.15) is 48.2 Å². The monoisotopic (exact) mass is 393 g/mol. The van der Waals surface area contributed by atoms with Gasteiger partial charge in [0.2, 0.25) is 11.8 Å². The first-order chi connectivity index (χ1) is 13.4. The number of carbonyl (C=O) groups is 2. The van der Waals surface area contributed by atoms with Crippen LogP contribution in [0, 0.1) is 11.6 Å². The normalized spacial score (nSPS) is 14.6. The number of benzene rings is 1. The fourth-order valence-corrected chi connectivity index (χ4v) is 3.20. The molecule has 0 unspecified atom stereocenters. The number of halogens is 2. The number of amides is 1. The van der Waals surface area contributed by atoms with Gasteiger partial charge in [-0.25, -0.2) is 18.3 Å². The lowest BCUT2D eigenvalue weighted by atomic mass is 9.95. The average molecular weight is 393 g/mol. The van der Waals surface area contributed by atoms with Crippen molar-refractivity contribution in [1.82, 2.24) is 15.1 Å². The van der Waals surface area contributed by atoms with E-state index in [0.29, 0.717) is 0 Å². The van der Waals surface area contributed by atoms with E-state index in [9.17, 15) is 18.4 Å². The van der Waals surface area contributed by atoms with Crippen LogP contribution in [0.4, 0.5) is 8.78 Å². The van der Waals surface area contributed by atoms with Crippen LogP contribution >= 0.6 is 0 Å². The zero-order chi connectivity index (χ0) is 20.1. The largest absolute Gasteiger partial charge is 0.476 e. The van der Waals surface area contributed by atoms with Gasteiger partial charge in [0.05, 0.1) is 0 Å². The highest BCUT2D eigenvalue weighted by atomic mass is 19.2. The topological polar surface area (TPSA) is 93.5 Å². The van der Waals surface area contributed by atoms with E-state index >= 15 is 0 Å². The summed E-state index contributed by atoms with van der Waals surface area (Å²) in [6.07, 6.45) is 5.09. The van der Waals surface area contributed by atoms with E-state index in [1.54, 1.807) is 0 Å². The third-order valence-corrected chi connectivity index (χ3v) is 4.63. The molecule has 150 valence electrons. The van der Waals surface area contributed by atoms with E-state index in [1.165, 1.54) is 12.1 Å². The third-order valence-electron chi connectivity index (χ3n) is 4.63. The first-order valence-corrected chi connectivity index (χ1v) is 9.10. The number of aromatic nitrogens is 2. The molecule has 0 bridgehead atoms. The fourth-order valence-electron chi connectivity index (χ4n) is 3.20. The van der Waals surface area contributed by atoms with Crippen molar-refractivity contribution in [3.05, 3.63) is 47.2 Å². The van der Waals surface area contributed by atoms with E-state index in [0.717, 1.165) is 48.9 Å². The van der Waals surface area contributed by atoms with Gasteiger partial charge in [0.25, 0.3) is 0 Å². The number of hydrogen-bond donors (Lipinski definition) is 2. The van der Waals surface area contributed by atoms with E-state index in [1.807, 2.05) is 0 Å². The maximum absolute atomic E-state index is 13.8. The summed E-state index contributed by atoms with van der Waals surface area (Å²) in [5.74, 6) is -3.66. The van der Waals surface area contributed by atoms with Crippen LogP contribution in [-0.4, -0.2) is 32.8 Å². The highest BCUT2D eigenvalue weighted by Crippen LogP contribution is 2.19. The van der Waals surface area contributed by atoms with Crippen molar-refractivity contribution in [2.24, 2.45) is 0 Å². The second-order valence-electron chi connectivity index (χ2n) is 6.73. The average Bonchev–Trinajstić information content (AvgIpc) is 3.06. The molecule has 0 aliphatic heterocycles. The zero-order valence-electron chi connectivity index (χ0n) is 15.2. The van der Waals surface area contributed by atoms with Gasteiger partial charge in [0, 0.05) is 17.7 Å². The minimum atomic E-state index is -1.28. The summed E-state index contributed by atoms with van der Waals surface area (Å²) in [4.78, 5) is 23.5. The molecule has 28 heavy (non-hydrogen) atoms. The van der Waals surface area contributed by atoms with Crippen LogP contribution in [0.5, 0.6) is 5.88 Å². The molecule has 3 rings (SSSR count). The lowest BCUT2D eigenvalue weighted by Gasteiger charge is -2.22. The van der Waals surface area contributed by atoms with Crippen molar-refractivity contribution < 1.29 is 28.2 Å². The molecule has 1 fully saturated rings. The zero-order valence-corrected chi connectivity index (χ0v) is 15.2. The van der Waals surface area contributed by atoms with Gasteiger partial charge in [0.15, 0.2) is 17.3 Å². The van der Waals surface area contributed by atoms with Crippen molar-refractivity contribution in [3.63, 3.8) is 0 Å². The van der Waals surface area contributed by atoms with Gasteiger partial charge >= 0.3 is 5.97 Å². The Morgan fingerprint density at radius 1 is 1.25 bits per heavy atom. The molecule has 2 N–H and O–H groups in total. The second kappa shape index (κ2) is 8.81. The van der Waals surface area contributed by atoms with Crippen LogP contribution in [0.3, 0.4) is 0 Å². The highest BCUT2D eigenvalue weighted by molar-refractivity contribution is 5.85. The van der Waals surface area contributed by atoms with Gasteiger partial charge in [-0.2, -0.15) is 5.10 Å². The molecule has 1 saturated carbocycles. The number of nitrogens with one attached hydrogen (secondary N) is 1. The van der Waals surface area contributed by atoms with Gasteiger partial charge < -0.3 is 15.2 Å². The van der Waals surface area contributed by atoms with Crippen LogP contribution in [0.2, 0.25) is 0 Å². The molecule has 7 nitrogen and oxygen atoms in total. The Labute approximate surface area is 160 Å². The molecule has 0 spiro atoms. The summed E-state index contributed by atoms with van der Waals surface area (Å²) in [5, 5.41) is 15.9. The molecule has 9 heteroatoms. The number of ether oxygens (including phenoxy) is 1. The molecule has 1 aliphatic rings. The van der Waals surface area contributed by atoms with E-state index in [4.69, 9.17) is 9.84 Å². The SMILES string of the molecule is O=C(Cn1nc(C(=O)O)cc1OCc1cccc(F)c1F)NC1CCCCC1. The maximum atomic E-state index is 13.8. The summed E-state index contributed by atoms with van der Waals surface area (Å²) < 4.78 is 33.6. The number of carboxylic acid groups (broad SMARTS) is 1. The molecule has 1 heterocycles. The molecular formula is C19H21F2N3O4. The standard InChI is InChI=1S/C19H21F2N3O4/c20-14-8-4-5-12(18(14)21)11-28-17-9-15(19(26)27)23-24(17)10-16(25)22-13-6-2-1-3-7-13/h4-5,8-9,13H,1-3,6-7,10-11H2,(H,22,25)(H,26,27). The molecule has 0 saturated heterocycles.